The molecule has 0 spiro atoms. The summed E-state index contributed by atoms with van der Waals surface area (Å²) in [5.41, 5.74) is 1.09. The molecule has 1 saturated heterocycles. The predicted molar refractivity (Wildman–Crippen MR) is 79.1 cm³/mol. The molecular formula is C16H21N3O3. The van der Waals surface area contributed by atoms with Crippen molar-refractivity contribution in [2.45, 2.75) is 50.7 Å². The number of furan rings is 1. The topological polar surface area (TPSA) is 65.8 Å². The Kier molecular flexibility index (Phi) is 3.32. The second-order valence-corrected chi connectivity index (χ2v) is 6.52. The van der Waals surface area contributed by atoms with E-state index in [9.17, 15) is 9.59 Å². The van der Waals surface area contributed by atoms with Crippen molar-refractivity contribution in [3.05, 3.63) is 23.7 Å². The highest BCUT2D eigenvalue weighted by molar-refractivity contribution is 5.82. The van der Waals surface area contributed by atoms with Crippen LogP contribution in [0.3, 0.4) is 0 Å². The first-order chi connectivity index (χ1) is 10.7. The maximum Gasteiger partial charge on any atom is 0.317 e. The number of amides is 3. The van der Waals surface area contributed by atoms with Crippen LogP contribution in [-0.4, -0.2) is 46.9 Å². The molecular weight excluding hydrogens is 282 g/mol. The molecule has 1 N–H and O–H groups in total. The van der Waals surface area contributed by atoms with Crippen LogP contribution in [0.15, 0.2) is 16.7 Å². The van der Waals surface area contributed by atoms with Crippen molar-refractivity contribution in [2.75, 3.05) is 13.1 Å². The van der Waals surface area contributed by atoms with Gasteiger partial charge in [-0.3, -0.25) is 4.79 Å². The van der Waals surface area contributed by atoms with E-state index in [4.69, 9.17) is 4.42 Å². The van der Waals surface area contributed by atoms with Crippen molar-refractivity contribution in [2.24, 2.45) is 0 Å². The molecule has 0 aromatic carbocycles. The first-order valence-corrected chi connectivity index (χ1v) is 8.11. The number of urea groups is 1. The number of hydrogen-bond donors (Lipinski definition) is 1. The lowest BCUT2D eigenvalue weighted by atomic mass is 10.2. The summed E-state index contributed by atoms with van der Waals surface area (Å²) in [4.78, 5) is 28.2. The van der Waals surface area contributed by atoms with Gasteiger partial charge in [0.2, 0.25) is 5.91 Å². The summed E-state index contributed by atoms with van der Waals surface area (Å²) in [7, 11) is 0. The number of rotatable bonds is 2. The van der Waals surface area contributed by atoms with Crippen LogP contribution in [0.4, 0.5) is 4.79 Å². The van der Waals surface area contributed by atoms with Crippen LogP contribution >= 0.6 is 0 Å². The van der Waals surface area contributed by atoms with E-state index in [2.05, 4.69) is 5.32 Å². The Morgan fingerprint density at radius 3 is 3.05 bits per heavy atom. The molecule has 3 aliphatic rings. The molecule has 0 radical (unpaired) electrons. The molecule has 3 heterocycles. The van der Waals surface area contributed by atoms with E-state index >= 15 is 0 Å². The van der Waals surface area contributed by atoms with Gasteiger partial charge in [-0.1, -0.05) is 0 Å². The number of likely N-dealkylation sites (tertiary alicyclic amines) is 1. The van der Waals surface area contributed by atoms with E-state index in [1.54, 1.807) is 6.26 Å². The van der Waals surface area contributed by atoms with Gasteiger partial charge in [-0.25, -0.2) is 4.79 Å². The summed E-state index contributed by atoms with van der Waals surface area (Å²) in [6, 6.07) is 2.26. The van der Waals surface area contributed by atoms with Crippen molar-refractivity contribution in [3.8, 4) is 0 Å². The van der Waals surface area contributed by atoms with E-state index in [0.717, 1.165) is 43.6 Å². The molecule has 1 aromatic heterocycles. The SMILES string of the molecule is O=C(NC1CC(=O)N(C2CC2)C1)N1CCCc2occc2C1. The molecule has 1 aromatic rings. The van der Waals surface area contributed by atoms with Crippen LogP contribution in [0.2, 0.25) is 0 Å². The molecule has 2 aliphatic heterocycles. The van der Waals surface area contributed by atoms with Gasteiger partial charge in [-0.2, -0.15) is 0 Å². The normalized spacial score (nSPS) is 25.1. The predicted octanol–water partition coefficient (Wildman–Crippen LogP) is 1.50. The molecule has 1 atom stereocenters. The second-order valence-electron chi connectivity index (χ2n) is 6.52. The fourth-order valence-electron chi connectivity index (χ4n) is 3.45. The fraction of sp³-hybridized carbons (Fsp3) is 0.625. The lowest BCUT2D eigenvalue weighted by Crippen LogP contribution is -2.45. The summed E-state index contributed by atoms with van der Waals surface area (Å²) in [6.45, 7) is 1.98. The lowest BCUT2D eigenvalue weighted by Gasteiger charge is -2.23. The zero-order valence-corrected chi connectivity index (χ0v) is 12.6. The van der Waals surface area contributed by atoms with E-state index in [1.807, 2.05) is 15.9 Å². The van der Waals surface area contributed by atoms with Gasteiger partial charge >= 0.3 is 6.03 Å². The van der Waals surface area contributed by atoms with Gasteiger partial charge in [0, 0.05) is 37.5 Å². The Labute approximate surface area is 129 Å². The van der Waals surface area contributed by atoms with Crippen LogP contribution < -0.4 is 5.32 Å². The van der Waals surface area contributed by atoms with Crippen molar-refractivity contribution in [1.82, 2.24) is 15.1 Å². The fourth-order valence-corrected chi connectivity index (χ4v) is 3.45. The summed E-state index contributed by atoms with van der Waals surface area (Å²) >= 11 is 0. The van der Waals surface area contributed by atoms with Gasteiger partial charge < -0.3 is 19.5 Å². The highest BCUT2D eigenvalue weighted by Crippen LogP contribution is 2.30. The molecule has 0 bridgehead atoms. The molecule has 22 heavy (non-hydrogen) atoms. The number of aryl methyl sites for hydroxylation is 1. The zero-order chi connectivity index (χ0) is 15.1. The van der Waals surface area contributed by atoms with Crippen LogP contribution in [0.1, 0.15) is 37.0 Å². The molecule has 1 saturated carbocycles. The minimum Gasteiger partial charge on any atom is -0.469 e. The van der Waals surface area contributed by atoms with E-state index in [0.29, 0.717) is 25.6 Å². The molecule has 6 heteroatoms. The molecule has 2 fully saturated rings. The Hall–Kier alpha value is -1.98. The van der Waals surface area contributed by atoms with E-state index in [-0.39, 0.29) is 18.0 Å². The molecule has 4 rings (SSSR count). The maximum absolute atomic E-state index is 12.5. The Balaban J connectivity index is 1.37. The number of nitrogens with one attached hydrogen (secondary N) is 1. The van der Waals surface area contributed by atoms with Crippen LogP contribution in [0, 0.1) is 0 Å². The Bertz CT molecular complexity index is 593. The van der Waals surface area contributed by atoms with Crippen molar-refractivity contribution in [3.63, 3.8) is 0 Å². The highest BCUT2D eigenvalue weighted by Gasteiger charge is 2.40. The lowest BCUT2D eigenvalue weighted by molar-refractivity contribution is -0.128. The number of fused-ring (bicyclic) bond motifs is 1. The second kappa shape index (κ2) is 5.34. The number of carbonyl (C=O) groups excluding carboxylic acids is 2. The third kappa shape index (κ3) is 2.58. The van der Waals surface area contributed by atoms with Gasteiger partial charge in [0.15, 0.2) is 0 Å². The molecule has 6 nitrogen and oxygen atoms in total. The molecule has 118 valence electrons. The standard InChI is InChI=1S/C16H21N3O3/c20-15-8-12(10-19(15)13-3-4-13)17-16(21)18-6-1-2-14-11(9-18)5-7-22-14/h5,7,12-13H,1-4,6,8-10H2,(H,17,21). The van der Waals surface area contributed by atoms with Gasteiger partial charge in [0.1, 0.15) is 5.76 Å². The smallest absolute Gasteiger partial charge is 0.317 e. The summed E-state index contributed by atoms with van der Waals surface area (Å²) in [5.74, 6) is 1.17. The Morgan fingerprint density at radius 1 is 1.36 bits per heavy atom. The summed E-state index contributed by atoms with van der Waals surface area (Å²) in [5, 5.41) is 3.04. The number of nitrogens with zero attached hydrogens (tertiary/aromatic N) is 2. The van der Waals surface area contributed by atoms with Crippen LogP contribution in [-0.2, 0) is 17.8 Å². The first kappa shape index (κ1) is 13.7. The Morgan fingerprint density at radius 2 is 2.23 bits per heavy atom. The number of carbonyl (C=O) groups is 2. The summed E-state index contributed by atoms with van der Waals surface area (Å²) < 4.78 is 5.45. The van der Waals surface area contributed by atoms with Gasteiger partial charge in [-0.15, -0.1) is 0 Å². The average molecular weight is 303 g/mol. The van der Waals surface area contributed by atoms with E-state index in [1.165, 1.54) is 0 Å². The largest absolute Gasteiger partial charge is 0.469 e. The van der Waals surface area contributed by atoms with E-state index < -0.39 is 0 Å². The quantitative estimate of drug-likeness (QED) is 0.900. The first-order valence-electron chi connectivity index (χ1n) is 8.11. The van der Waals surface area contributed by atoms with Crippen molar-refractivity contribution >= 4 is 11.9 Å². The monoisotopic (exact) mass is 303 g/mol. The summed E-state index contributed by atoms with van der Waals surface area (Å²) in [6.07, 6.45) is 6.14. The third-order valence-corrected chi connectivity index (χ3v) is 4.79. The average Bonchev–Trinajstić information content (AvgIpc) is 3.20. The third-order valence-electron chi connectivity index (χ3n) is 4.79. The highest BCUT2D eigenvalue weighted by atomic mass is 16.3. The van der Waals surface area contributed by atoms with Crippen molar-refractivity contribution in [1.29, 1.82) is 0 Å². The number of hydrogen-bond acceptors (Lipinski definition) is 3. The van der Waals surface area contributed by atoms with Crippen LogP contribution in [0.5, 0.6) is 0 Å². The van der Waals surface area contributed by atoms with Crippen molar-refractivity contribution < 1.29 is 14.0 Å². The molecule has 3 amide bonds. The molecule has 1 unspecified atom stereocenters. The van der Waals surface area contributed by atoms with Gasteiger partial charge in [-0.05, 0) is 25.3 Å². The van der Waals surface area contributed by atoms with Crippen LogP contribution in [0.25, 0.3) is 0 Å². The minimum atomic E-state index is -0.0653. The maximum atomic E-state index is 12.5. The molecule has 1 aliphatic carbocycles. The zero-order valence-electron chi connectivity index (χ0n) is 12.6. The van der Waals surface area contributed by atoms with Gasteiger partial charge in [0.05, 0.1) is 18.8 Å². The van der Waals surface area contributed by atoms with Gasteiger partial charge in [0.25, 0.3) is 0 Å². The minimum absolute atomic E-state index is 0.0485.